The lowest BCUT2D eigenvalue weighted by Gasteiger charge is -2.18. The van der Waals surface area contributed by atoms with E-state index in [4.69, 9.17) is 9.47 Å². The van der Waals surface area contributed by atoms with Crippen LogP contribution in [0.5, 0.6) is 5.75 Å². The number of para-hydroxylation sites is 1. The van der Waals surface area contributed by atoms with Gasteiger partial charge in [0, 0.05) is 18.8 Å². The lowest BCUT2D eigenvalue weighted by atomic mass is 10.2. The first-order valence-electron chi connectivity index (χ1n) is 9.58. The molecular formula is C21H24N2O6S. The van der Waals surface area contributed by atoms with Gasteiger partial charge >= 0.3 is 5.97 Å². The van der Waals surface area contributed by atoms with Crippen LogP contribution in [0, 0.1) is 0 Å². The molecule has 0 bridgehead atoms. The molecule has 1 atom stereocenters. The summed E-state index contributed by atoms with van der Waals surface area (Å²) in [5, 5.41) is 2.65. The molecule has 0 saturated carbocycles. The fourth-order valence-electron chi connectivity index (χ4n) is 3.12. The van der Waals surface area contributed by atoms with E-state index in [1.165, 1.54) is 36.5 Å². The summed E-state index contributed by atoms with van der Waals surface area (Å²) in [6.45, 7) is 2.30. The Kier molecular flexibility index (Phi) is 6.73. The number of carbonyl (C=O) groups is 2. The normalized spacial score (nSPS) is 15.4. The van der Waals surface area contributed by atoms with Gasteiger partial charge in [0.2, 0.25) is 10.0 Å². The van der Waals surface area contributed by atoms with Crippen molar-refractivity contribution in [2.45, 2.75) is 30.8 Å². The Labute approximate surface area is 175 Å². The molecule has 0 aliphatic carbocycles. The van der Waals surface area contributed by atoms with Crippen molar-refractivity contribution >= 4 is 27.6 Å². The van der Waals surface area contributed by atoms with E-state index in [1.807, 2.05) is 6.07 Å². The van der Waals surface area contributed by atoms with Crippen LogP contribution < -0.4 is 10.1 Å². The van der Waals surface area contributed by atoms with Crippen molar-refractivity contribution in [3.8, 4) is 5.75 Å². The first-order chi connectivity index (χ1) is 14.3. The van der Waals surface area contributed by atoms with E-state index in [0.717, 1.165) is 12.8 Å². The van der Waals surface area contributed by atoms with Gasteiger partial charge in [0.25, 0.3) is 5.91 Å². The molecule has 2 aromatic carbocycles. The van der Waals surface area contributed by atoms with Crippen LogP contribution >= 0.6 is 0 Å². The van der Waals surface area contributed by atoms with Gasteiger partial charge in [0.05, 0.1) is 12.7 Å². The van der Waals surface area contributed by atoms with Gasteiger partial charge in [-0.3, -0.25) is 4.79 Å². The third-order valence-corrected chi connectivity index (χ3v) is 6.70. The Balaban J connectivity index is 1.76. The average molecular weight is 432 g/mol. The molecule has 30 heavy (non-hydrogen) atoms. The Morgan fingerprint density at radius 1 is 1.07 bits per heavy atom. The number of methoxy groups -OCH3 is 1. The van der Waals surface area contributed by atoms with E-state index in [1.54, 1.807) is 24.3 Å². The minimum Gasteiger partial charge on any atom is -0.495 e. The second-order valence-electron chi connectivity index (χ2n) is 6.88. The number of anilines is 1. The molecular weight excluding hydrogens is 408 g/mol. The third-order valence-electron chi connectivity index (χ3n) is 4.78. The fourth-order valence-corrected chi connectivity index (χ4v) is 4.82. The third kappa shape index (κ3) is 4.80. The summed E-state index contributed by atoms with van der Waals surface area (Å²) < 4.78 is 37.7. The SMILES string of the molecule is COc1ccc(C(=O)O[C@@H](C)C(=O)Nc2ccccc2)cc1S(=O)(=O)N1CCCC1. The predicted molar refractivity (Wildman–Crippen MR) is 111 cm³/mol. The number of nitrogens with zero attached hydrogens (tertiary/aromatic N) is 1. The highest BCUT2D eigenvalue weighted by atomic mass is 32.2. The molecule has 0 spiro atoms. The molecule has 8 nitrogen and oxygen atoms in total. The number of amides is 1. The predicted octanol–water partition coefficient (Wildman–Crippen LogP) is 2.66. The van der Waals surface area contributed by atoms with Crippen molar-refractivity contribution in [3.05, 3.63) is 54.1 Å². The number of ether oxygens (including phenoxy) is 2. The van der Waals surface area contributed by atoms with Gasteiger partial charge in [-0.05, 0) is 50.1 Å². The van der Waals surface area contributed by atoms with E-state index < -0.39 is 28.0 Å². The maximum absolute atomic E-state index is 13.0. The Morgan fingerprint density at radius 2 is 1.73 bits per heavy atom. The van der Waals surface area contributed by atoms with Crippen LogP contribution in [0.2, 0.25) is 0 Å². The fraction of sp³-hybridized carbons (Fsp3) is 0.333. The minimum atomic E-state index is -3.80. The summed E-state index contributed by atoms with van der Waals surface area (Å²) in [6, 6.07) is 12.8. The minimum absolute atomic E-state index is 0.0212. The molecule has 0 aromatic heterocycles. The molecule has 0 radical (unpaired) electrons. The zero-order chi connectivity index (χ0) is 21.7. The van der Waals surface area contributed by atoms with Crippen LogP contribution in [0.25, 0.3) is 0 Å². The molecule has 1 aliphatic rings. The maximum Gasteiger partial charge on any atom is 0.338 e. The largest absolute Gasteiger partial charge is 0.495 e. The molecule has 1 fully saturated rings. The first kappa shape index (κ1) is 21.8. The van der Waals surface area contributed by atoms with Crippen LogP contribution in [0.1, 0.15) is 30.1 Å². The molecule has 1 N–H and O–H groups in total. The van der Waals surface area contributed by atoms with Crippen LogP contribution in [0.3, 0.4) is 0 Å². The number of hydrogen-bond acceptors (Lipinski definition) is 6. The molecule has 1 saturated heterocycles. The van der Waals surface area contributed by atoms with Gasteiger partial charge in [-0.2, -0.15) is 4.31 Å². The second-order valence-corrected chi connectivity index (χ2v) is 8.79. The number of rotatable bonds is 7. The quantitative estimate of drug-likeness (QED) is 0.675. The summed E-state index contributed by atoms with van der Waals surface area (Å²) in [4.78, 5) is 24.7. The van der Waals surface area contributed by atoms with Gasteiger partial charge in [0.15, 0.2) is 6.10 Å². The van der Waals surface area contributed by atoms with E-state index in [2.05, 4.69) is 5.32 Å². The van der Waals surface area contributed by atoms with Crippen LogP contribution in [0.15, 0.2) is 53.4 Å². The molecule has 160 valence electrons. The molecule has 0 unspecified atom stereocenters. The number of benzene rings is 2. The van der Waals surface area contributed by atoms with Gasteiger partial charge in [0.1, 0.15) is 10.6 Å². The van der Waals surface area contributed by atoms with Crippen molar-refractivity contribution in [1.82, 2.24) is 4.31 Å². The molecule has 9 heteroatoms. The topological polar surface area (TPSA) is 102 Å². The zero-order valence-electron chi connectivity index (χ0n) is 16.8. The maximum atomic E-state index is 13.0. The van der Waals surface area contributed by atoms with Crippen molar-refractivity contribution in [1.29, 1.82) is 0 Å². The molecule has 1 aliphatic heterocycles. The second kappa shape index (κ2) is 9.27. The summed E-state index contributed by atoms with van der Waals surface area (Å²) in [6.07, 6.45) is 0.507. The van der Waals surface area contributed by atoms with Crippen molar-refractivity contribution in [2.24, 2.45) is 0 Å². The summed E-state index contributed by atoms with van der Waals surface area (Å²) >= 11 is 0. The molecule has 1 heterocycles. The Morgan fingerprint density at radius 3 is 2.37 bits per heavy atom. The highest BCUT2D eigenvalue weighted by Crippen LogP contribution is 2.30. The van der Waals surface area contributed by atoms with E-state index >= 15 is 0 Å². The van der Waals surface area contributed by atoms with Crippen molar-refractivity contribution in [2.75, 3.05) is 25.5 Å². The lowest BCUT2D eigenvalue weighted by Crippen LogP contribution is -2.30. The Hall–Kier alpha value is -2.91. The summed E-state index contributed by atoms with van der Waals surface area (Å²) in [7, 11) is -2.43. The van der Waals surface area contributed by atoms with Crippen LogP contribution in [0.4, 0.5) is 5.69 Å². The monoisotopic (exact) mass is 432 g/mol. The van der Waals surface area contributed by atoms with E-state index in [-0.39, 0.29) is 16.2 Å². The van der Waals surface area contributed by atoms with Crippen LogP contribution in [-0.2, 0) is 19.6 Å². The van der Waals surface area contributed by atoms with Crippen LogP contribution in [-0.4, -0.2) is 50.9 Å². The standard InChI is InChI=1S/C21H24N2O6S/c1-15(20(24)22-17-8-4-3-5-9-17)29-21(25)16-10-11-18(28-2)19(14-16)30(26,27)23-12-6-7-13-23/h3-5,8-11,14-15H,6-7,12-13H2,1-2H3,(H,22,24)/t15-/m0/s1. The number of nitrogens with one attached hydrogen (secondary N) is 1. The van der Waals surface area contributed by atoms with Crippen molar-refractivity contribution in [3.63, 3.8) is 0 Å². The highest BCUT2D eigenvalue weighted by Gasteiger charge is 2.31. The first-order valence-corrected chi connectivity index (χ1v) is 11.0. The Bertz CT molecular complexity index is 1020. The van der Waals surface area contributed by atoms with Gasteiger partial charge < -0.3 is 14.8 Å². The number of carbonyl (C=O) groups excluding carboxylic acids is 2. The summed E-state index contributed by atoms with van der Waals surface area (Å²) in [5.74, 6) is -1.15. The van der Waals surface area contributed by atoms with E-state index in [0.29, 0.717) is 18.8 Å². The molecule has 3 rings (SSSR count). The smallest absolute Gasteiger partial charge is 0.338 e. The number of esters is 1. The average Bonchev–Trinajstić information content (AvgIpc) is 3.29. The van der Waals surface area contributed by atoms with Gasteiger partial charge in [-0.15, -0.1) is 0 Å². The number of sulfonamides is 1. The lowest BCUT2D eigenvalue weighted by molar-refractivity contribution is -0.123. The molecule has 2 aromatic rings. The zero-order valence-corrected chi connectivity index (χ0v) is 17.6. The van der Waals surface area contributed by atoms with E-state index in [9.17, 15) is 18.0 Å². The van der Waals surface area contributed by atoms with Crippen molar-refractivity contribution < 1.29 is 27.5 Å². The molecule has 1 amide bonds. The van der Waals surface area contributed by atoms with Gasteiger partial charge in [-0.25, -0.2) is 13.2 Å². The summed E-state index contributed by atoms with van der Waals surface area (Å²) in [5.41, 5.74) is 0.599. The number of hydrogen-bond donors (Lipinski definition) is 1. The highest BCUT2D eigenvalue weighted by molar-refractivity contribution is 7.89. The van der Waals surface area contributed by atoms with Gasteiger partial charge in [-0.1, -0.05) is 18.2 Å².